The number of carbonyl (C=O) groups is 4. The number of benzene rings is 1. The molecular weight excluding hydrogens is 400 g/mol. The summed E-state index contributed by atoms with van der Waals surface area (Å²) in [7, 11) is 1.45. The standard InChI is InChI=1S/C20H25ClN2O6/c1-12(2)7-8-20(3)18(26)23(19(27)22-20)10-17(25)29-11-15(24)13-5-6-16(28-4)14(21)9-13/h5-6,9,12H,7-8,10-11H2,1-4H3,(H,22,27)/t20-/m1/s1. The zero-order chi connectivity index (χ0) is 21.8. The number of nitrogens with one attached hydrogen (secondary N) is 1. The number of nitrogens with zero attached hydrogens (tertiary/aromatic N) is 1. The fourth-order valence-corrected chi connectivity index (χ4v) is 3.14. The molecule has 1 aromatic rings. The van der Waals surface area contributed by atoms with Gasteiger partial charge in [-0.1, -0.05) is 25.4 Å². The lowest BCUT2D eigenvalue weighted by Crippen LogP contribution is -2.44. The van der Waals surface area contributed by atoms with E-state index >= 15 is 0 Å². The Kier molecular flexibility index (Phi) is 7.24. The Hall–Kier alpha value is -2.61. The number of Topliss-reactive ketones (excluding diaryl/α,β-unsaturated/α-hetero) is 1. The summed E-state index contributed by atoms with van der Waals surface area (Å²) >= 11 is 5.98. The third-order valence-electron chi connectivity index (χ3n) is 4.69. The summed E-state index contributed by atoms with van der Waals surface area (Å²) in [6.07, 6.45) is 1.22. The first-order valence-electron chi connectivity index (χ1n) is 9.24. The predicted octanol–water partition coefficient (Wildman–Crippen LogP) is 2.82. The van der Waals surface area contributed by atoms with E-state index in [0.717, 1.165) is 11.3 Å². The number of halogens is 1. The number of hydrogen-bond donors (Lipinski definition) is 1. The van der Waals surface area contributed by atoms with Crippen molar-refractivity contribution in [3.63, 3.8) is 0 Å². The zero-order valence-electron chi connectivity index (χ0n) is 16.9. The molecule has 0 spiro atoms. The van der Waals surface area contributed by atoms with Gasteiger partial charge >= 0.3 is 12.0 Å². The lowest BCUT2D eigenvalue weighted by atomic mass is 9.92. The second-order valence-corrected chi connectivity index (χ2v) is 7.93. The molecule has 0 aromatic heterocycles. The summed E-state index contributed by atoms with van der Waals surface area (Å²) in [6.45, 7) is 4.59. The van der Waals surface area contributed by atoms with Gasteiger partial charge in [-0.2, -0.15) is 0 Å². The first-order valence-corrected chi connectivity index (χ1v) is 9.61. The molecule has 0 saturated carbocycles. The number of ketones is 1. The molecule has 1 aliphatic rings. The Bertz CT molecular complexity index is 825. The number of carbonyl (C=O) groups excluding carboxylic acids is 4. The maximum Gasteiger partial charge on any atom is 0.326 e. The van der Waals surface area contributed by atoms with Gasteiger partial charge in [0, 0.05) is 5.56 Å². The van der Waals surface area contributed by atoms with Gasteiger partial charge in [0.25, 0.3) is 5.91 Å². The van der Waals surface area contributed by atoms with Crippen molar-refractivity contribution in [2.24, 2.45) is 5.92 Å². The first kappa shape index (κ1) is 22.7. The molecular formula is C20H25ClN2O6. The van der Waals surface area contributed by atoms with Gasteiger partial charge in [-0.05, 0) is 43.9 Å². The van der Waals surface area contributed by atoms with Gasteiger partial charge in [-0.15, -0.1) is 0 Å². The molecule has 9 heteroatoms. The highest BCUT2D eigenvalue weighted by molar-refractivity contribution is 6.32. The zero-order valence-corrected chi connectivity index (χ0v) is 17.7. The molecule has 3 amide bonds. The van der Waals surface area contributed by atoms with Crippen molar-refractivity contribution < 1.29 is 28.7 Å². The fourth-order valence-electron chi connectivity index (χ4n) is 2.88. The summed E-state index contributed by atoms with van der Waals surface area (Å²) in [5, 5.41) is 2.89. The predicted molar refractivity (Wildman–Crippen MR) is 106 cm³/mol. The number of rotatable bonds is 9. The minimum absolute atomic E-state index is 0.250. The third-order valence-corrected chi connectivity index (χ3v) is 4.99. The van der Waals surface area contributed by atoms with Crippen LogP contribution in [0, 0.1) is 5.92 Å². The maximum atomic E-state index is 12.6. The van der Waals surface area contributed by atoms with Crippen LogP contribution in [0.4, 0.5) is 4.79 Å². The van der Waals surface area contributed by atoms with Gasteiger partial charge in [-0.25, -0.2) is 4.79 Å². The van der Waals surface area contributed by atoms with Crippen LogP contribution >= 0.6 is 11.6 Å². The van der Waals surface area contributed by atoms with Gasteiger partial charge in [-0.3, -0.25) is 19.3 Å². The molecule has 1 N–H and O–H groups in total. The first-order chi connectivity index (χ1) is 13.6. The molecule has 1 heterocycles. The van der Waals surface area contributed by atoms with E-state index in [0.29, 0.717) is 18.1 Å². The van der Waals surface area contributed by atoms with E-state index in [1.165, 1.54) is 25.3 Å². The Morgan fingerprint density at radius 1 is 1.28 bits per heavy atom. The van der Waals surface area contributed by atoms with Crippen molar-refractivity contribution in [3.05, 3.63) is 28.8 Å². The lowest BCUT2D eigenvalue weighted by Gasteiger charge is -2.22. The molecule has 1 aliphatic heterocycles. The molecule has 8 nitrogen and oxygen atoms in total. The summed E-state index contributed by atoms with van der Waals surface area (Å²) in [4.78, 5) is 49.8. The maximum absolute atomic E-state index is 12.6. The van der Waals surface area contributed by atoms with Crippen LogP contribution in [0.3, 0.4) is 0 Å². The summed E-state index contributed by atoms with van der Waals surface area (Å²) in [5.41, 5.74) is -0.794. The molecule has 158 valence electrons. The molecule has 1 aromatic carbocycles. The van der Waals surface area contributed by atoms with Crippen LogP contribution < -0.4 is 10.1 Å². The van der Waals surface area contributed by atoms with E-state index in [2.05, 4.69) is 5.32 Å². The van der Waals surface area contributed by atoms with Crippen LogP contribution in [0.15, 0.2) is 18.2 Å². The number of ether oxygens (including phenoxy) is 2. The van der Waals surface area contributed by atoms with E-state index in [1.807, 2.05) is 13.8 Å². The second-order valence-electron chi connectivity index (χ2n) is 7.52. The number of imide groups is 1. The highest BCUT2D eigenvalue weighted by Crippen LogP contribution is 2.26. The minimum atomic E-state index is -1.04. The quantitative estimate of drug-likeness (QED) is 0.371. The lowest BCUT2D eigenvalue weighted by molar-refractivity contribution is -0.146. The highest BCUT2D eigenvalue weighted by Gasteiger charge is 2.48. The minimum Gasteiger partial charge on any atom is -0.495 e. The Balaban J connectivity index is 1.92. The van der Waals surface area contributed by atoms with Crippen LogP contribution in [-0.4, -0.2) is 54.4 Å². The van der Waals surface area contributed by atoms with Gasteiger partial charge in [0.05, 0.1) is 12.1 Å². The molecule has 0 aliphatic carbocycles. The molecule has 2 rings (SSSR count). The molecule has 0 bridgehead atoms. The van der Waals surface area contributed by atoms with E-state index in [9.17, 15) is 19.2 Å². The van der Waals surface area contributed by atoms with Gasteiger partial charge in [0.1, 0.15) is 17.8 Å². The summed E-state index contributed by atoms with van der Waals surface area (Å²) in [6, 6.07) is 3.79. The fraction of sp³-hybridized carbons (Fsp3) is 0.500. The molecule has 0 radical (unpaired) electrons. The van der Waals surface area contributed by atoms with Crippen molar-refractivity contribution in [3.8, 4) is 5.75 Å². The van der Waals surface area contributed by atoms with Crippen LogP contribution in [0.5, 0.6) is 5.75 Å². The number of hydrogen-bond acceptors (Lipinski definition) is 6. The van der Waals surface area contributed by atoms with Crippen molar-refractivity contribution in [2.45, 2.75) is 39.2 Å². The second kappa shape index (κ2) is 9.26. The Morgan fingerprint density at radius 2 is 1.97 bits per heavy atom. The topological polar surface area (TPSA) is 102 Å². The van der Waals surface area contributed by atoms with Crippen LogP contribution in [0.25, 0.3) is 0 Å². The molecule has 29 heavy (non-hydrogen) atoms. The smallest absolute Gasteiger partial charge is 0.326 e. The summed E-state index contributed by atoms with van der Waals surface area (Å²) < 4.78 is 9.96. The number of esters is 1. The number of methoxy groups -OCH3 is 1. The van der Waals surface area contributed by atoms with Crippen molar-refractivity contribution in [2.75, 3.05) is 20.3 Å². The van der Waals surface area contributed by atoms with Crippen molar-refractivity contribution in [1.29, 1.82) is 0 Å². The van der Waals surface area contributed by atoms with Gasteiger partial charge in [0.15, 0.2) is 12.4 Å². The molecule has 1 fully saturated rings. The Morgan fingerprint density at radius 3 is 2.55 bits per heavy atom. The third kappa shape index (κ3) is 5.47. The highest BCUT2D eigenvalue weighted by atomic mass is 35.5. The average molecular weight is 425 g/mol. The van der Waals surface area contributed by atoms with Crippen molar-refractivity contribution in [1.82, 2.24) is 10.2 Å². The van der Waals surface area contributed by atoms with Crippen LogP contribution in [0.2, 0.25) is 5.02 Å². The van der Waals surface area contributed by atoms with E-state index in [1.54, 1.807) is 6.92 Å². The van der Waals surface area contributed by atoms with Gasteiger partial charge < -0.3 is 14.8 Å². The monoisotopic (exact) mass is 424 g/mol. The molecule has 0 unspecified atom stereocenters. The largest absolute Gasteiger partial charge is 0.495 e. The van der Waals surface area contributed by atoms with Crippen LogP contribution in [0.1, 0.15) is 44.0 Å². The molecule has 1 atom stereocenters. The normalized spacial score (nSPS) is 18.8. The Labute approximate surface area is 174 Å². The van der Waals surface area contributed by atoms with E-state index in [4.69, 9.17) is 21.1 Å². The molecule has 1 saturated heterocycles. The van der Waals surface area contributed by atoms with Crippen molar-refractivity contribution >= 4 is 35.3 Å². The van der Waals surface area contributed by atoms with E-state index in [-0.39, 0.29) is 10.6 Å². The SMILES string of the molecule is COc1ccc(C(=O)COC(=O)CN2C(=O)N[C@](C)(CCC(C)C)C2=O)cc1Cl. The number of amides is 3. The average Bonchev–Trinajstić information content (AvgIpc) is 2.88. The van der Waals surface area contributed by atoms with Crippen LogP contribution in [-0.2, 0) is 14.3 Å². The van der Waals surface area contributed by atoms with E-state index < -0.39 is 42.4 Å². The number of urea groups is 1. The van der Waals surface area contributed by atoms with Gasteiger partial charge in [0.2, 0.25) is 0 Å². The summed E-state index contributed by atoms with van der Waals surface area (Å²) in [5.74, 6) is -1.02.